The van der Waals surface area contributed by atoms with E-state index in [4.69, 9.17) is 19.1 Å². The van der Waals surface area contributed by atoms with Crippen molar-refractivity contribution in [2.24, 2.45) is 0 Å². The molecule has 0 bridgehead atoms. The Morgan fingerprint density at radius 1 is 1.03 bits per heavy atom. The molecule has 0 spiro atoms. The minimum absolute atomic E-state index is 0.173. The van der Waals surface area contributed by atoms with E-state index in [0.717, 1.165) is 48.3 Å². The van der Waals surface area contributed by atoms with Gasteiger partial charge in [-0.05, 0) is 62.4 Å². The van der Waals surface area contributed by atoms with E-state index < -0.39 is 5.72 Å². The Balaban J connectivity index is 0.00000121. The standard InChI is InChI=1S/C29H35NO4.CH2O2/c1-2-3-4-9-20-33-27-12-6-5-11-25(27)22-30(29(32)18-7-8-19-29)28(31)24-16-14-23(15-17-24)26-13-10-21-34-26;2-1-3/h5-6,10-17,21,32H,2-4,7-9,18-20,22H2,1H3;1H,(H,2,3). The third kappa shape index (κ3) is 7.70. The summed E-state index contributed by atoms with van der Waals surface area (Å²) in [6.07, 6.45) is 9.18. The third-order valence-electron chi connectivity index (χ3n) is 6.65. The lowest BCUT2D eigenvalue weighted by atomic mass is 10.0. The number of benzene rings is 2. The van der Waals surface area contributed by atoms with Crippen LogP contribution in [0.3, 0.4) is 0 Å². The van der Waals surface area contributed by atoms with E-state index in [9.17, 15) is 9.90 Å². The molecule has 1 amide bonds. The molecule has 0 saturated heterocycles. The number of rotatable bonds is 11. The minimum atomic E-state index is -1.15. The van der Waals surface area contributed by atoms with Crippen molar-refractivity contribution in [2.45, 2.75) is 70.6 Å². The Morgan fingerprint density at radius 2 is 1.73 bits per heavy atom. The molecule has 0 unspecified atom stereocenters. The van der Waals surface area contributed by atoms with Gasteiger partial charge >= 0.3 is 0 Å². The summed E-state index contributed by atoms with van der Waals surface area (Å²) in [5.41, 5.74) is 1.23. The molecule has 1 heterocycles. The molecule has 7 nitrogen and oxygen atoms in total. The van der Waals surface area contributed by atoms with Crippen LogP contribution in [-0.4, -0.2) is 39.8 Å². The van der Waals surface area contributed by atoms with Crippen LogP contribution in [0, 0.1) is 0 Å². The Labute approximate surface area is 218 Å². The highest BCUT2D eigenvalue weighted by Crippen LogP contribution is 2.36. The summed E-state index contributed by atoms with van der Waals surface area (Å²) in [5, 5.41) is 18.4. The van der Waals surface area contributed by atoms with Crippen LogP contribution < -0.4 is 4.74 Å². The maximum atomic E-state index is 13.7. The van der Waals surface area contributed by atoms with E-state index in [1.54, 1.807) is 11.2 Å². The minimum Gasteiger partial charge on any atom is -0.493 e. The number of furan rings is 1. The second kappa shape index (κ2) is 14.2. The van der Waals surface area contributed by atoms with Crippen LogP contribution in [0.1, 0.15) is 74.2 Å². The number of nitrogens with zero attached hydrogens (tertiary/aromatic N) is 1. The summed E-state index contributed by atoms with van der Waals surface area (Å²) >= 11 is 0. The largest absolute Gasteiger partial charge is 0.493 e. The summed E-state index contributed by atoms with van der Waals surface area (Å²) in [4.78, 5) is 23.7. The van der Waals surface area contributed by atoms with Crippen molar-refractivity contribution in [1.82, 2.24) is 4.90 Å². The van der Waals surface area contributed by atoms with Crippen LogP contribution >= 0.6 is 0 Å². The highest BCUT2D eigenvalue weighted by atomic mass is 16.5. The summed E-state index contributed by atoms with van der Waals surface area (Å²) in [6.45, 7) is 2.91. The molecule has 7 heteroatoms. The molecule has 1 fully saturated rings. The molecule has 1 aromatic heterocycles. The van der Waals surface area contributed by atoms with Crippen molar-refractivity contribution in [3.63, 3.8) is 0 Å². The first kappa shape index (κ1) is 28.0. The lowest BCUT2D eigenvalue weighted by Gasteiger charge is -2.37. The zero-order chi connectivity index (χ0) is 26.5. The van der Waals surface area contributed by atoms with Crippen LogP contribution in [0.15, 0.2) is 71.3 Å². The number of hydrogen-bond donors (Lipinski definition) is 2. The van der Waals surface area contributed by atoms with Crippen molar-refractivity contribution >= 4 is 12.4 Å². The molecule has 2 N–H and O–H groups in total. The molecule has 4 rings (SSSR count). The van der Waals surface area contributed by atoms with E-state index in [-0.39, 0.29) is 12.4 Å². The summed E-state index contributed by atoms with van der Waals surface area (Å²) in [6, 6.07) is 19.0. The van der Waals surface area contributed by atoms with Gasteiger partial charge in [0.15, 0.2) is 0 Å². The van der Waals surface area contributed by atoms with E-state index >= 15 is 0 Å². The normalized spacial score (nSPS) is 13.9. The van der Waals surface area contributed by atoms with Crippen molar-refractivity contribution in [2.75, 3.05) is 6.61 Å². The van der Waals surface area contributed by atoms with Gasteiger partial charge in [-0.25, -0.2) is 0 Å². The smallest absolute Gasteiger partial charge is 0.290 e. The van der Waals surface area contributed by atoms with Crippen LogP contribution in [0.25, 0.3) is 11.3 Å². The summed E-state index contributed by atoms with van der Waals surface area (Å²) in [5.74, 6) is 1.37. The molecular formula is C30H37NO6. The van der Waals surface area contributed by atoms with Crippen molar-refractivity contribution < 1.29 is 29.0 Å². The fraction of sp³-hybridized carbons (Fsp3) is 0.400. The van der Waals surface area contributed by atoms with Gasteiger partial charge in [-0.2, -0.15) is 0 Å². The molecular weight excluding hydrogens is 470 g/mol. The SMILES string of the molecule is CCCCCCOc1ccccc1CN(C(=O)c1ccc(-c2ccco2)cc1)C1(O)CCCC1.O=CO. The highest BCUT2D eigenvalue weighted by molar-refractivity contribution is 5.95. The fourth-order valence-electron chi connectivity index (χ4n) is 4.65. The Hall–Kier alpha value is -3.58. The van der Waals surface area contributed by atoms with Crippen LogP contribution in [0.4, 0.5) is 0 Å². The number of para-hydroxylation sites is 1. The van der Waals surface area contributed by atoms with Gasteiger partial charge in [0.2, 0.25) is 0 Å². The predicted octanol–water partition coefficient (Wildman–Crippen LogP) is 6.51. The van der Waals surface area contributed by atoms with Crippen molar-refractivity contribution in [3.8, 4) is 17.1 Å². The van der Waals surface area contributed by atoms with Crippen LogP contribution in [-0.2, 0) is 11.3 Å². The Kier molecular flexibility index (Phi) is 10.8. The number of hydrogen-bond acceptors (Lipinski definition) is 5. The molecule has 3 aromatic rings. The van der Waals surface area contributed by atoms with Gasteiger partial charge in [0.1, 0.15) is 17.2 Å². The zero-order valence-electron chi connectivity index (χ0n) is 21.5. The van der Waals surface area contributed by atoms with Gasteiger partial charge in [-0.1, -0.05) is 56.5 Å². The van der Waals surface area contributed by atoms with Gasteiger partial charge in [-0.15, -0.1) is 0 Å². The average molecular weight is 508 g/mol. The van der Waals surface area contributed by atoms with E-state index in [2.05, 4.69) is 6.92 Å². The van der Waals surface area contributed by atoms with Gasteiger partial charge in [-0.3, -0.25) is 9.59 Å². The predicted molar refractivity (Wildman–Crippen MR) is 142 cm³/mol. The molecule has 1 aliphatic carbocycles. The number of aliphatic hydroxyl groups is 1. The van der Waals surface area contributed by atoms with Crippen LogP contribution in [0.2, 0.25) is 0 Å². The number of carbonyl (C=O) groups excluding carboxylic acids is 1. The van der Waals surface area contributed by atoms with E-state index in [0.29, 0.717) is 31.6 Å². The number of ether oxygens (including phenoxy) is 1. The van der Waals surface area contributed by atoms with Gasteiger partial charge in [0.25, 0.3) is 12.4 Å². The molecule has 37 heavy (non-hydrogen) atoms. The molecule has 0 aliphatic heterocycles. The molecule has 0 atom stereocenters. The first-order valence-electron chi connectivity index (χ1n) is 13.0. The summed E-state index contributed by atoms with van der Waals surface area (Å²) in [7, 11) is 0. The first-order chi connectivity index (χ1) is 18.0. The number of carboxylic acid groups (broad SMARTS) is 1. The number of unbranched alkanes of at least 4 members (excludes halogenated alkanes) is 3. The topological polar surface area (TPSA) is 100 Å². The Bertz CT molecular complexity index is 1090. The average Bonchev–Trinajstić information content (AvgIpc) is 3.61. The van der Waals surface area contributed by atoms with Gasteiger partial charge in [0.05, 0.1) is 19.4 Å². The fourth-order valence-corrected chi connectivity index (χ4v) is 4.65. The quantitative estimate of drug-likeness (QED) is 0.174. The molecule has 1 saturated carbocycles. The summed E-state index contributed by atoms with van der Waals surface area (Å²) < 4.78 is 11.6. The molecule has 1 aliphatic rings. The maximum absolute atomic E-state index is 13.7. The first-order valence-corrected chi connectivity index (χ1v) is 13.0. The second-order valence-corrected chi connectivity index (χ2v) is 9.26. The zero-order valence-corrected chi connectivity index (χ0v) is 21.5. The van der Waals surface area contributed by atoms with E-state index in [1.165, 1.54) is 12.8 Å². The van der Waals surface area contributed by atoms with Crippen molar-refractivity contribution in [3.05, 3.63) is 78.1 Å². The lowest BCUT2D eigenvalue weighted by molar-refractivity contribution is -0.122. The monoisotopic (exact) mass is 507 g/mol. The van der Waals surface area contributed by atoms with Crippen molar-refractivity contribution in [1.29, 1.82) is 0 Å². The van der Waals surface area contributed by atoms with Gasteiger partial charge < -0.3 is 24.3 Å². The van der Waals surface area contributed by atoms with E-state index in [1.807, 2.05) is 60.7 Å². The van der Waals surface area contributed by atoms with Gasteiger partial charge in [0, 0.05) is 16.7 Å². The van der Waals surface area contributed by atoms with Crippen LogP contribution in [0.5, 0.6) is 5.75 Å². The molecule has 2 aromatic carbocycles. The maximum Gasteiger partial charge on any atom is 0.290 e. The number of amides is 1. The Morgan fingerprint density at radius 3 is 2.38 bits per heavy atom. The second-order valence-electron chi connectivity index (χ2n) is 9.26. The number of carbonyl (C=O) groups is 2. The molecule has 198 valence electrons. The highest BCUT2D eigenvalue weighted by Gasteiger charge is 2.41. The lowest BCUT2D eigenvalue weighted by Crippen LogP contribution is -2.49. The molecule has 0 radical (unpaired) electrons. The third-order valence-corrected chi connectivity index (χ3v) is 6.65.